The summed E-state index contributed by atoms with van der Waals surface area (Å²) in [6.07, 6.45) is 0.497. The van der Waals surface area contributed by atoms with Crippen molar-refractivity contribution in [2.24, 2.45) is 0 Å². The first-order valence-corrected chi connectivity index (χ1v) is 7.07. The van der Waals surface area contributed by atoms with Crippen molar-refractivity contribution in [2.75, 3.05) is 12.4 Å². The van der Waals surface area contributed by atoms with E-state index in [2.05, 4.69) is 10.5 Å². The van der Waals surface area contributed by atoms with Crippen molar-refractivity contribution in [2.45, 2.75) is 26.4 Å². The van der Waals surface area contributed by atoms with Crippen molar-refractivity contribution in [3.05, 3.63) is 30.0 Å². The van der Waals surface area contributed by atoms with Gasteiger partial charge in [-0.1, -0.05) is 5.16 Å². The van der Waals surface area contributed by atoms with Gasteiger partial charge < -0.3 is 19.1 Å². The van der Waals surface area contributed by atoms with Crippen molar-refractivity contribution in [1.29, 1.82) is 0 Å². The van der Waals surface area contributed by atoms with Crippen LogP contribution in [0, 0.1) is 0 Å². The van der Waals surface area contributed by atoms with Crippen molar-refractivity contribution in [1.82, 2.24) is 5.16 Å². The first-order chi connectivity index (χ1) is 11.2. The third-order valence-electron chi connectivity index (χ3n) is 2.90. The summed E-state index contributed by atoms with van der Waals surface area (Å²) >= 11 is 0. The first kappa shape index (κ1) is 17.3. The number of aromatic carboxylic acids is 1. The standard InChI is InChI=1S/C16H18N2O6/c1-16(2,3)23-15(21)18-11-6-5-9(7-12(11)22-4)13-10(14(19)20)8-17-24-13/h5-8H,1-4H3,(H,18,21)(H,19,20). The molecule has 0 saturated carbocycles. The number of carboxylic acid groups (broad SMARTS) is 1. The number of carbonyl (C=O) groups is 2. The predicted molar refractivity (Wildman–Crippen MR) is 85.3 cm³/mol. The Morgan fingerprint density at radius 2 is 2.00 bits per heavy atom. The summed E-state index contributed by atoms with van der Waals surface area (Å²) in [5.41, 5.74) is 0.140. The van der Waals surface area contributed by atoms with Gasteiger partial charge in [-0.05, 0) is 39.0 Å². The molecule has 1 aromatic heterocycles. The maximum atomic E-state index is 11.9. The van der Waals surface area contributed by atoms with Gasteiger partial charge in [0.05, 0.1) is 19.0 Å². The Hall–Kier alpha value is -3.03. The van der Waals surface area contributed by atoms with Gasteiger partial charge in [-0.2, -0.15) is 0 Å². The van der Waals surface area contributed by atoms with E-state index in [1.54, 1.807) is 39.0 Å². The average Bonchev–Trinajstić information content (AvgIpc) is 2.95. The molecule has 128 valence electrons. The number of rotatable bonds is 4. The van der Waals surface area contributed by atoms with Crippen LogP contribution in [0.5, 0.6) is 5.75 Å². The summed E-state index contributed by atoms with van der Waals surface area (Å²) in [6.45, 7) is 5.26. The maximum absolute atomic E-state index is 11.9. The smallest absolute Gasteiger partial charge is 0.412 e. The molecule has 24 heavy (non-hydrogen) atoms. The molecule has 2 aromatic rings. The Labute approximate surface area is 138 Å². The van der Waals surface area contributed by atoms with E-state index in [1.807, 2.05) is 0 Å². The van der Waals surface area contributed by atoms with Gasteiger partial charge in [0.25, 0.3) is 0 Å². The van der Waals surface area contributed by atoms with Gasteiger partial charge in [0.2, 0.25) is 0 Å². The average molecular weight is 334 g/mol. The summed E-state index contributed by atoms with van der Waals surface area (Å²) in [5, 5.41) is 15.2. The molecule has 0 atom stereocenters. The largest absolute Gasteiger partial charge is 0.495 e. The van der Waals surface area contributed by atoms with E-state index in [9.17, 15) is 9.59 Å². The Morgan fingerprint density at radius 1 is 1.29 bits per heavy atom. The van der Waals surface area contributed by atoms with Crippen LogP contribution in [0.4, 0.5) is 10.5 Å². The van der Waals surface area contributed by atoms with Crippen LogP contribution >= 0.6 is 0 Å². The fraction of sp³-hybridized carbons (Fsp3) is 0.312. The molecule has 1 amide bonds. The molecule has 0 spiro atoms. The third-order valence-corrected chi connectivity index (χ3v) is 2.90. The minimum Gasteiger partial charge on any atom is -0.495 e. The van der Waals surface area contributed by atoms with E-state index in [-0.39, 0.29) is 11.3 Å². The van der Waals surface area contributed by atoms with Crippen molar-refractivity contribution in [3.63, 3.8) is 0 Å². The van der Waals surface area contributed by atoms with Crippen LogP contribution in [0.25, 0.3) is 11.3 Å². The first-order valence-electron chi connectivity index (χ1n) is 7.07. The zero-order valence-corrected chi connectivity index (χ0v) is 13.7. The quantitative estimate of drug-likeness (QED) is 0.881. The van der Waals surface area contributed by atoms with Gasteiger partial charge in [-0.3, -0.25) is 5.32 Å². The molecule has 0 aliphatic rings. The highest BCUT2D eigenvalue weighted by molar-refractivity contribution is 5.94. The van der Waals surface area contributed by atoms with Crippen LogP contribution in [-0.2, 0) is 4.74 Å². The second kappa shape index (κ2) is 6.61. The third kappa shape index (κ3) is 4.03. The van der Waals surface area contributed by atoms with Crippen LogP contribution in [0.2, 0.25) is 0 Å². The van der Waals surface area contributed by atoms with E-state index in [4.69, 9.17) is 19.1 Å². The van der Waals surface area contributed by atoms with E-state index in [1.165, 1.54) is 7.11 Å². The molecule has 0 saturated heterocycles. The van der Waals surface area contributed by atoms with E-state index >= 15 is 0 Å². The monoisotopic (exact) mass is 334 g/mol. The number of nitrogens with one attached hydrogen (secondary N) is 1. The Morgan fingerprint density at radius 3 is 2.58 bits per heavy atom. The number of methoxy groups -OCH3 is 1. The van der Waals surface area contributed by atoms with E-state index < -0.39 is 17.7 Å². The molecule has 0 fully saturated rings. The molecular weight excluding hydrogens is 316 g/mol. The summed E-state index contributed by atoms with van der Waals surface area (Å²) in [6, 6.07) is 4.69. The summed E-state index contributed by atoms with van der Waals surface area (Å²) < 4.78 is 15.4. The molecule has 0 unspecified atom stereocenters. The van der Waals surface area contributed by atoms with E-state index in [0.717, 1.165) is 6.20 Å². The van der Waals surface area contributed by atoms with Crippen LogP contribution in [-0.4, -0.2) is 35.0 Å². The molecule has 8 heteroatoms. The number of hydrogen-bond acceptors (Lipinski definition) is 6. The molecule has 2 rings (SSSR count). The number of nitrogens with zero attached hydrogens (tertiary/aromatic N) is 1. The highest BCUT2D eigenvalue weighted by Gasteiger charge is 2.20. The summed E-state index contributed by atoms with van der Waals surface area (Å²) in [4.78, 5) is 23.0. The normalized spacial score (nSPS) is 11.0. The number of benzene rings is 1. The second-order valence-corrected chi connectivity index (χ2v) is 5.92. The number of ether oxygens (including phenoxy) is 2. The molecule has 2 N–H and O–H groups in total. The maximum Gasteiger partial charge on any atom is 0.412 e. The van der Waals surface area contributed by atoms with Gasteiger partial charge in [0.15, 0.2) is 5.76 Å². The molecule has 0 aliphatic heterocycles. The van der Waals surface area contributed by atoms with Crippen LogP contribution in [0.3, 0.4) is 0 Å². The van der Waals surface area contributed by atoms with Crippen molar-refractivity contribution >= 4 is 17.7 Å². The molecule has 1 heterocycles. The number of anilines is 1. The van der Waals surface area contributed by atoms with Crippen LogP contribution < -0.4 is 10.1 Å². The van der Waals surface area contributed by atoms with Crippen LogP contribution in [0.1, 0.15) is 31.1 Å². The molecule has 0 aliphatic carbocycles. The molecule has 0 radical (unpaired) electrons. The second-order valence-electron chi connectivity index (χ2n) is 5.92. The lowest BCUT2D eigenvalue weighted by Gasteiger charge is -2.20. The number of amides is 1. The Balaban J connectivity index is 2.29. The minimum atomic E-state index is -1.15. The number of aromatic nitrogens is 1. The lowest BCUT2D eigenvalue weighted by atomic mass is 10.1. The van der Waals surface area contributed by atoms with Crippen LogP contribution in [0.15, 0.2) is 28.9 Å². The van der Waals surface area contributed by atoms with Gasteiger partial charge in [0, 0.05) is 5.56 Å². The number of carbonyl (C=O) groups excluding carboxylic acids is 1. The Bertz CT molecular complexity index is 760. The molecule has 8 nitrogen and oxygen atoms in total. The highest BCUT2D eigenvalue weighted by atomic mass is 16.6. The Kier molecular flexibility index (Phi) is 4.77. The number of hydrogen-bond donors (Lipinski definition) is 2. The fourth-order valence-electron chi connectivity index (χ4n) is 1.95. The van der Waals surface area contributed by atoms with Crippen molar-refractivity contribution in [3.8, 4) is 17.1 Å². The lowest BCUT2D eigenvalue weighted by Crippen LogP contribution is -2.27. The number of carboxylic acids is 1. The fourth-order valence-corrected chi connectivity index (χ4v) is 1.95. The zero-order chi connectivity index (χ0) is 17.9. The zero-order valence-electron chi connectivity index (χ0n) is 13.7. The van der Waals surface area contributed by atoms with Gasteiger partial charge >= 0.3 is 12.1 Å². The molecule has 1 aromatic carbocycles. The summed E-state index contributed by atoms with van der Waals surface area (Å²) in [7, 11) is 1.43. The van der Waals surface area contributed by atoms with E-state index in [0.29, 0.717) is 17.0 Å². The molecule has 0 bridgehead atoms. The SMILES string of the molecule is COc1cc(-c2oncc2C(=O)O)ccc1NC(=O)OC(C)(C)C. The highest BCUT2D eigenvalue weighted by Crippen LogP contribution is 2.32. The summed E-state index contributed by atoms with van der Waals surface area (Å²) in [5.74, 6) is -0.725. The van der Waals surface area contributed by atoms with Gasteiger partial charge in [-0.15, -0.1) is 0 Å². The topological polar surface area (TPSA) is 111 Å². The molecular formula is C16H18N2O6. The lowest BCUT2D eigenvalue weighted by molar-refractivity contribution is 0.0633. The van der Waals surface area contributed by atoms with Crippen molar-refractivity contribution < 1.29 is 28.7 Å². The predicted octanol–water partition coefficient (Wildman–Crippen LogP) is 3.40. The van der Waals surface area contributed by atoms with Gasteiger partial charge in [-0.25, -0.2) is 9.59 Å². The minimum absolute atomic E-state index is 0.0649. The van der Waals surface area contributed by atoms with Gasteiger partial charge in [0.1, 0.15) is 16.9 Å².